The normalized spacial score (nSPS) is 21.6. The summed E-state index contributed by atoms with van der Waals surface area (Å²) in [6.07, 6.45) is 6.11. The van der Waals surface area contributed by atoms with Crippen molar-refractivity contribution in [2.75, 3.05) is 20.6 Å². The molecule has 0 fully saturated rings. The third kappa shape index (κ3) is 4.30. The van der Waals surface area contributed by atoms with Crippen molar-refractivity contribution in [2.24, 2.45) is 0 Å². The molecular weight excluding hydrogens is 270 g/mol. The van der Waals surface area contributed by atoms with Gasteiger partial charge in [0.15, 0.2) is 5.78 Å². The molecule has 2 heteroatoms. The number of allylic oxidation sites excluding steroid dienone is 4. The highest BCUT2D eigenvalue weighted by Crippen LogP contribution is 2.34. The minimum atomic E-state index is 0.0956. The molecule has 0 bridgehead atoms. The summed E-state index contributed by atoms with van der Waals surface area (Å²) in [6, 6.07) is 0.410. The Labute approximate surface area is 136 Å². The number of rotatable bonds is 5. The summed E-state index contributed by atoms with van der Waals surface area (Å²) < 4.78 is 0.976. The molecule has 0 amide bonds. The Balaban J connectivity index is 3.31. The van der Waals surface area contributed by atoms with Gasteiger partial charge in [-0.25, -0.2) is 0 Å². The van der Waals surface area contributed by atoms with Gasteiger partial charge in [0.2, 0.25) is 0 Å². The maximum absolute atomic E-state index is 11.9. The van der Waals surface area contributed by atoms with Crippen LogP contribution < -0.4 is 0 Å². The SMILES string of the molecule is C=C(/C=C(\C=C(C)C)C(C)=O)C1=C(CC)CC[N+](C)(C)C1C. The number of carbonyl (C=O) groups is 1. The van der Waals surface area contributed by atoms with Crippen LogP contribution in [0.25, 0.3) is 0 Å². The van der Waals surface area contributed by atoms with Gasteiger partial charge in [0.05, 0.1) is 20.6 Å². The lowest BCUT2D eigenvalue weighted by Crippen LogP contribution is -2.51. The predicted molar refractivity (Wildman–Crippen MR) is 95.7 cm³/mol. The van der Waals surface area contributed by atoms with E-state index in [1.807, 2.05) is 26.0 Å². The van der Waals surface area contributed by atoms with E-state index < -0.39 is 0 Å². The first-order valence-corrected chi connectivity index (χ1v) is 8.21. The van der Waals surface area contributed by atoms with Crippen molar-refractivity contribution in [1.29, 1.82) is 0 Å². The molecule has 1 aliphatic heterocycles. The predicted octanol–water partition coefficient (Wildman–Crippen LogP) is 4.60. The quantitative estimate of drug-likeness (QED) is 0.412. The second-order valence-electron chi connectivity index (χ2n) is 7.20. The Kier molecular flexibility index (Phi) is 6.13. The van der Waals surface area contributed by atoms with Gasteiger partial charge >= 0.3 is 0 Å². The molecule has 0 aromatic carbocycles. The largest absolute Gasteiger partial charge is 0.322 e. The van der Waals surface area contributed by atoms with Crippen molar-refractivity contribution in [3.63, 3.8) is 0 Å². The molecular formula is C20H32NO+. The zero-order valence-electron chi connectivity index (χ0n) is 15.4. The molecule has 1 unspecified atom stereocenters. The van der Waals surface area contributed by atoms with Crippen LogP contribution in [-0.4, -0.2) is 36.9 Å². The second kappa shape index (κ2) is 7.23. The van der Waals surface area contributed by atoms with Crippen LogP contribution in [0.15, 0.2) is 46.6 Å². The average Bonchev–Trinajstić information content (AvgIpc) is 2.40. The molecule has 1 aliphatic rings. The van der Waals surface area contributed by atoms with Gasteiger partial charge in [-0.3, -0.25) is 4.79 Å². The second-order valence-corrected chi connectivity index (χ2v) is 7.20. The molecule has 1 heterocycles. The molecule has 0 aliphatic carbocycles. The van der Waals surface area contributed by atoms with Gasteiger partial charge in [-0.1, -0.05) is 30.7 Å². The summed E-state index contributed by atoms with van der Waals surface area (Å²) in [6.45, 7) is 15.6. The highest BCUT2D eigenvalue weighted by molar-refractivity contribution is 5.96. The molecule has 22 heavy (non-hydrogen) atoms. The molecule has 0 aromatic rings. The molecule has 0 radical (unpaired) electrons. The van der Waals surface area contributed by atoms with Gasteiger partial charge in [0.1, 0.15) is 6.04 Å². The lowest BCUT2D eigenvalue weighted by Gasteiger charge is -2.42. The van der Waals surface area contributed by atoms with Crippen LogP contribution in [0.4, 0.5) is 0 Å². The van der Waals surface area contributed by atoms with Crippen LogP contribution in [0.2, 0.25) is 0 Å². The van der Waals surface area contributed by atoms with Gasteiger partial charge in [-0.2, -0.15) is 0 Å². The van der Waals surface area contributed by atoms with Gasteiger partial charge in [-0.05, 0) is 45.8 Å². The van der Waals surface area contributed by atoms with E-state index in [-0.39, 0.29) is 5.78 Å². The Morgan fingerprint density at radius 3 is 2.32 bits per heavy atom. The maximum atomic E-state index is 11.9. The van der Waals surface area contributed by atoms with Crippen molar-refractivity contribution in [1.82, 2.24) is 0 Å². The van der Waals surface area contributed by atoms with Crippen LogP contribution >= 0.6 is 0 Å². The summed E-state index contributed by atoms with van der Waals surface area (Å²) in [5, 5.41) is 0. The Morgan fingerprint density at radius 2 is 1.86 bits per heavy atom. The standard InChI is InChI=1S/C20H32NO/c1-9-18-10-11-21(7,8)16(5)20(18)15(4)13-19(17(6)22)12-14(2)3/h12-13,16H,4,9-11H2,1-3,5-8H3/q+1/b19-13+. The number of carbonyl (C=O) groups excluding carboxylic acids is 1. The molecule has 122 valence electrons. The summed E-state index contributed by atoms with van der Waals surface area (Å²) >= 11 is 0. The molecule has 0 aromatic heterocycles. The van der Waals surface area contributed by atoms with E-state index in [1.54, 1.807) is 6.92 Å². The summed E-state index contributed by atoms with van der Waals surface area (Å²) in [7, 11) is 4.55. The van der Waals surface area contributed by atoms with Crippen LogP contribution in [0.5, 0.6) is 0 Å². The van der Waals surface area contributed by atoms with Crippen LogP contribution in [-0.2, 0) is 4.79 Å². The fraction of sp³-hybridized carbons (Fsp3) is 0.550. The Morgan fingerprint density at radius 1 is 1.27 bits per heavy atom. The zero-order chi connectivity index (χ0) is 17.1. The molecule has 0 N–H and O–H groups in total. The average molecular weight is 302 g/mol. The van der Waals surface area contributed by atoms with Crippen molar-refractivity contribution in [2.45, 2.75) is 53.5 Å². The number of quaternary nitrogens is 1. The van der Waals surface area contributed by atoms with Crippen molar-refractivity contribution < 1.29 is 9.28 Å². The first-order valence-electron chi connectivity index (χ1n) is 8.21. The fourth-order valence-electron chi connectivity index (χ4n) is 3.08. The monoisotopic (exact) mass is 302 g/mol. The van der Waals surface area contributed by atoms with Crippen molar-refractivity contribution in [3.8, 4) is 0 Å². The number of nitrogens with zero attached hydrogens (tertiary/aromatic N) is 1. The number of Topliss-reactive ketones (excluding diaryl/α,β-unsaturated/α-hetero) is 1. The molecule has 1 rings (SSSR count). The van der Waals surface area contributed by atoms with E-state index >= 15 is 0 Å². The lowest BCUT2D eigenvalue weighted by atomic mass is 9.85. The fourth-order valence-corrected chi connectivity index (χ4v) is 3.08. The number of ketones is 1. The van der Waals surface area contributed by atoms with E-state index in [0.717, 1.165) is 34.0 Å². The lowest BCUT2D eigenvalue weighted by molar-refractivity contribution is -0.909. The smallest absolute Gasteiger partial charge is 0.159 e. The number of hydrogen-bond acceptors (Lipinski definition) is 1. The summed E-state index contributed by atoms with van der Waals surface area (Å²) in [4.78, 5) is 11.9. The van der Waals surface area contributed by atoms with E-state index in [2.05, 4.69) is 34.5 Å². The van der Waals surface area contributed by atoms with Crippen LogP contribution in [0.1, 0.15) is 47.5 Å². The molecule has 2 nitrogen and oxygen atoms in total. The van der Waals surface area contributed by atoms with Crippen molar-refractivity contribution in [3.05, 3.63) is 46.6 Å². The Bertz CT molecular complexity index is 554. The summed E-state index contributed by atoms with van der Waals surface area (Å²) in [5.41, 5.74) is 5.71. The van der Waals surface area contributed by atoms with Gasteiger partial charge in [0, 0.05) is 17.6 Å². The molecule has 0 saturated carbocycles. The number of hydrogen-bond donors (Lipinski definition) is 0. The zero-order valence-corrected chi connectivity index (χ0v) is 15.4. The van der Waals surface area contributed by atoms with E-state index in [0.29, 0.717) is 6.04 Å². The molecule has 1 atom stereocenters. The third-order valence-electron chi connectivity index (χ3n) is 4.79. The number of likely N-dealkylation sites (N-methyl/N-ethyl adjacent to an activating group) is 1. The highest BCUT2D eigenvalue weighted by atomic mass is 16.1. The van der Waals surface area contributed by atoms with E-state index in [9.17, 15) is 4.79 Å². The minimum absolute atomic E-state index is 0.0956. The van der Waals surface area contributed by atoms with Gasteiger partial charge < -0.3 is 4.48 Å². The first kappa shape index (κ1) is 18.6. The third-order valence-corrected chi connectivity index (χ3v) is 4.79. The topological polar surface area (TPSA) is 17.1 Å². The van der Waals surface area contributed by atoms with Gasteiger partial charge in [-0.15, -0.1) is 0 Å². The highest BCUT2D eigenvalue weighted by Gasteiger charge is 2.34. The van der Waals surface area contributed by atoms with Crippen LogP contribution in [0.3, 0.4) is 0 Å². The molecule has 0 spiro atoms. The van der Waals surface area contributed by atoms with E-state index in [4.69, 9.17) is 0 Å². The van der Waals surface area contributed by atoms with Crippen molar-refractivity contribution >= 4 is 5.78 Å². The minimum Gasteiger partial charge on any atom is -0.322 e. The first-order chi connectivity index (χ1) is 10.1. The van der Waals surface area contributed by atoms with E-state index in [1.165, 1.54) is 17.7 Å². The van der Waals surface area contributed by atoms with Crippen LogP contribution in [0, 0.1) is 0 Å². The van der Waals surface area contributed by atoms with Gasteiger partial charge in [0.25, 0.3) is 0 Å². The Hall–Kier alpha value is -1.41. The molecule has 0 saturated heterocycles. The summed E-state index contributed by atoms with van der Waals surface area (Å²) in [5.74, 6) is 0.0956. The maximum Gasteiger partial charge on any atom is 0.159 e.